The molecule has 1 aliphatic rings. The lowest BCUT2D eigenvalue weighted by Crippen LogP contribution is -2.19. The van der Waals surface area contributed by atoms with Gasteiger partial charge in [0.05, 0.1) is 18.3 Å². The third kappa shape index (κ3) is 3.18. The quantitative estimate of drug-likeness (QED) is 0.632. The highest BCUT2D eigenvalue weighted by Crippen LogP contribution is 2.32. The molecule has 2 heterocycles. The fraction of sp³-hybridized carbons (Fsp3) is 0.312. The monoisotopic (exact) mass is 382 g/mol. The number of nitrogens with zero attached hydrogens (tertiary/aromatic N) is 3. The van der Waals surface area contributed by atoms with Crippen LogP contribution in [0.5, 0.6) is 0 Å². The smallest absolute Gasteiger partial charge is 0.259 e. The maximum absolute atomic E-state index is 12.4. The summed E-state index contributed by atoms with van der Waals surface area (Å²) in [5, 5.41) is 5.09. The Balaban J connectivity index is 1.98. The molecular weight excluding hydrogens is 367 g/mol. The molecule has 1 aliphatic heterocycles. The number of hydrogen-bond acceptors (Lipinski definition) is 5. The molecule has 2 aromatic rings. The number of halogens is 2. The summed E-state index contributed by atoms with van der Waals surface area (Å²) in [5.74, 6) is 0.465. The number of anilines is 1. The fourth-order valence-corrected chi connectivity index (χ4v) is 3.60. The summed E-state index contributed by atoms with van der Waals surface area (Å²) in [6.45, 7) is 2.46. The van der Waals surface area contributed by atoms with Crippen molar-refractivity contribution < 1.29 is 4.79 Å². The molecule has 3 rings (SSSR count). The highest BCUT2D eigenvalue weighted by atomic mass is 35.5. The van der Waals surface area contributed by atoms with Crippen molar-refractivity contribution in [3.63, 3.8) is 0 Å². The zero-order valence-electron chi connectivity index (χ0n) is 13.4. The van der Waals surface area contributed by atoms with Crippen molar-refractivity contribution in [1.29, 1.82) is 0 Å². The number of nitrogens with one attached hydrogen (secondary N) is 1. The highest BCUT2D eigenvalue weighted by molar-refractivity contribution is 7.98. The topological polar surface area (TPSA) is 58.1 Å². The predicted molar refractivity (Wildman–Crippen MR) is 98.1 cm³/mol. The Morgan fingerprint density at radius 1 is 1.33 bits per heavy atom. The summed E-state index contributed by atoms with van der Waals surface area (Å²) in [5.41, 5.74) is 2.17. The first-order chi connectivity index (χ1) is 11.4. The van der Waals surface area contributed by atoms with Gasteiger partial charge in [0.1, 0.15) is 11.4 Å². The molecule has 126 valence electrons. The lowest BCUT2D eigenvalue weighted by molar-refractivity contribution is 0.0816. The van der Waals surface area contributed by atoms with Gasteiger partial charge in [-0.05, 0) is 30.9 Å². The zero-order valence-corrected chi connectivity index (χ0v) is 15.8. The van der Waals surface area contributed by atoms with Crippen LogP contribution in [0.3, 0.4) is 0 Å². The molecule has 0 aliphatic carbocycles. The van der Waals surface area contributed by atoms with Gasteiger partial charge in [0.2, 0.25) is 0 Å². The van der Waals surface area contributed by atoms with Gasteiger partial charge in [-0.1, -0.05) is 41.0 Å². The first-order valence-electron chi connectivity index (χ1n) is 7.32. The molecule has 24 heavy (non-hydrogen) atoms. The van der Waals surface area contributed by atoms with Crippen LogP contribution in [0.25, 0.3) is 0 Å². The third-order valence-corrected chi connectivity index (χ3v) is 4.99. The Bertz CT molecular complexity index is 815. The third-order valence-electron chi connectivity index (χ3n) is 3.88. The van der Waals surface area contributed by atoms with Crippen molar-refractivity contribution >= 4 is 46.7 Å². The van der Waals surface area contributed by atoms with Crippen molar-refractivity contribution in [3.8, 4) is 0 Å². The lowest BCUT2D eigenvalue weighted by atomic mass is 10.1. The summed E-state index contributed by atoms with van der Waals surface area (Å²) in [7, 11) is 1.76. The van der Waals surface area contributed by atoms with Gasteiger partial charge in [0.25, 0.3) is 5.91 Å². The van der Waals surface area contributed by atoms with Gasteiger partial charge in [-0.25, -0.2) is 9.97 Å². The number of fused-ring (bicyclic) bond motifs is 1. The highest BCUT2D eigenvalue weighted by Gasteiger charge is 2.31. The normalized spacial score (nSPS) is 14.7. The van der Waals surface area contributed by atoms with E-state index in [0.29, 0.717) is 33.1 Å². The van der Waals surface area contributed by atoms with Crippen molar-refractivity contribution in [2.75, 3.05) is 18.6 Å². The van der Waals surface area contributed by atoms with Crippen molar-refractivity contribution in [2.24, 2.45) is 0 Å². The number of carbonyl (C=O) groups is 1. The average Bonchev–Trinajstić information content (AvgIpc) is 2.81. The van der Waals surface area contributed by atoms with Crippen LogP contribution in [0.15, 0.2) is 23.4 Å². The Hall–Kier alpha value is -1.50. The van der Waals surface area contributed by atoms with Gasteiger partial charge in [0.15, 0.2) is 5.16 Å². The van der Waals surface area contributed by atoms with Crippen molar-refractivity contribution in [1.82, 2.24) is 14.9 Å². The number of aromatic nitrogens is 2. The van der Waals surface area contributed by atoms with Crippen LogP contribution in [0, 0.1) is 0 Å². The Morgan fingerprint density at radius 3 is 2.75 bits per heavy atom. The Morgan fingerprint density at radius 2 is 2.08 bits per heavy atom. The average molecular weight is 383 g/mol. The van der Waals surface area contributed by atoms with E-state index in [1.807, 2.05) is 19.2 Å². The molecule has 5 nitrogen and oxygen atoms in total. The van der Waals surface area contributed by atoms with Gasteiger partial charge in [0, 0.05) is 17.1 Å². The summed E-state index contributed by atoms with van der Waals surface area (Å²) < 4.78 is 0. The van der Waals surface area contributed by atoms with E-state index in [4.69, 9.17) is 23.2 Å². The fourth-order valence-electron chi connectivity index (χ4n) is 2.64. The molecule has 1 aromatic carbocycles. The summed E-state index contributed by atoms with van der Waals surface area (Å²) in [6, 6.07) is 5.22. The standard InChI is InChI=1S/C16H16Cl2N4OS/c1-8(10-5-4-9(17)6-11(10)18)19-14-13-12(7-22(2)15(13)23)20-16(21-14)24-3/h4-6,8H,7H2,1-3H3,(H,19,20,21)/t8-/m1/s1. The number of amides is 1. The van der Waals surface area contributed by atoms with Crippen LogP contribution in [-0.2, 0) is 6.54 Å². The second-order valence-corrected chi connectivity index (χ2v) is 7.19. The molecule has 1 N–H and O–H groups in total. The molecule has 0 saturated heterocycles. The second kappa shape index (κ2) is 6.78. The van der Waals surface area contributed by atoms with Crippen LogP contribution in [0.1, 0.15) is 34.6 Å². The SMILES string of the molecule is CSc1nc2c(c(N[C@H](C)c3ccc(Cl)cc3Cl)n1)C(=O)N(C)C2. The minimum absolute atomic E-state index is 0.0745. The second-order valence-electron chi connectivity index (χ2n) is 5.57. The predicted octanol–water partition coefficient (Wildman–Crippen LogP) is 4.26. The van der Waals surface area contributed by atoms with E-state index in [1.54, 1.807) is 24.1 Å². The molecular formula is C16H16Cl2N4OS. The van der Waals surface area contributed by atoms with Gasteiger partial charge in [-0.15, -0.1) is 0 Å². The van der Waals surface area contributed by atoms with E-state index < -0.39 is 0 Å². The molecule has 1 aromatic heterocycles. The molecule has 0 unspecified atom stereocenters. The molecule has 0 radical (unpaired) electrons. The maximum atomic E-state index is 12.4. The summed E-state index contributed by atoms with van der Waals surface area (Å²) >= 11 is 13.7. The van der Waals surface area contributed by atoms with Crippen molar-refractivity contribution in [2.45, 2.75) is 24.7 Å². The first-order valence-corrected chi connectivity index (χ1v) is 9.30. The summed E-state index contributed by atoms with van der Waals surface area (Å²) in [4.78, 5) is 23.0. The van der Waals surface area contributed by atoms with E-state index in [-0.39, 0.29) is 11.9 Å². The number of thioether (sulfide) groups is 1. The first kappa shape index (κ1) is 17.3. The molecule has 0 spiro atoms. The Kier molecular flexibility index (Phi) is 4.90. The minimum Gasteiger partial charge on any atom is -0.363 e. The largest absolute Gasteiger partial charge is 0.363 e. The summed E-state index contributed by atoms with van der Waals surface area (Å²) in [6.07, 6.45) is 1.91. The lowest BCUT2D eigenvalue weighted by Gasteiger charge is -2.18. The van der Waals surface area contributed by atoms with Crippen LogP contribution in [0.4, 0.5) is 5.82 Å². The van der Waals surface area contributed by atoms with Crippen molar-refractivity contribution in [3.05, 3.63) is 45.1 Å². The zero-order chi connectivity index (χ0) is 17.4. The van der Waals surface area contributed by atoms with E-state index in [1.165, 1.54) is 11.8 Å². The van der Waals surface area contributed by atoms with E-state index in [9.17, 15) is 4.79 Å². The number of carbonyl (C=O) groups excluding carboxylic acids is 1. The number of rotatable bonds is 4. The van der Waals surface area contributed by atoms with Gasteiger partial charge in [-0.3, -0.25) is 4.79 Å². The Labute approximate surface area is 154 Å². The van der Waals surface area contributed by atoms with E-state index >= 15 is 0 Å². The number of hydrogen-bond donors (Lipinski definition) is 1. The van der Waals surface area contributed by atoms with Crippen LogP contribution >= 0.6 is 35.0 Å². The van der Waals surface area contributed by atoms with Gasteiger partial charge >= 0.3 is 0 Å². The molecule has 0 bridgehead atoms. The van der Waals surface area contributed by atoms with Gasteiger partial charge < -0.3 is 10.2 Å². The molecule has 0 saturated carbocycles. The minimum atomic E-state index is -0.137. The van der Waals surface area contributed by atoms with Crippen LogP contribution in [-0.4, -0.2) is 34.1 Å². The van der Waals surface area contributed by atoms with Crippen LogP contribution < -0.4 is 5.32 Å². The molecule has 0 fully saturated rings. The molecule has 8 heteroatoms. The molecule has 1 amide bonds. The number of benzene rings is 1. The maximum Gasteiger partial charge on any atom is 0.259 e. The van der Waals surface area contributed by atoms with Crippen LogP contribution in [0.2, 0.25) is 10.0 Å². The van der Waals surface area contributed by atoms with E-state index in [2.05, 4.69) is 15.3 Å². The molecule has 1 atom stereocenters. The van der Waals surface area contributed by atoms with E-state index in [0.717, 1.165) is 11.3 Å². The van der Waals surface area contributed by atoms with Gasteiger partial charge in [-0.2, -0.15) is 0 Å².